The number of hydrogen-bond donors (Lipinski definition) is 1. The van der Waals surface area contributed by atoms with E-state index in [4.69, 9.17) is 4.74 Å². The molecule has 0 saturated heterocycles. The first kappa shape index (κ1) is 16.0. The van der Waals surface area contributed by atoms with Gasteiger partial charge in [0.15, 0.2) is 0 Å². The maximum absolute atomic E-state index is 12.0. The minimum atomic E-state index is -0.333. The Labute approximate surface area is 145 Å². The summed E-state index contributed by atoms with van der Waals surface area (Å²) in [4.78, 5) is 12.9. The molecule has 0 aliphatic rings. The molecule has 0 fully saturated rings. The number of hydrogen-bond acceptors (Lipinski definition) is 4. The molecule has 3 aromatic rings. The summed E-state index contributed by atoms with van der Waals surface area (Å²) >= 11 is 1.52. The fourth-order valence-corrected chi connectivity index (χ4v) is 3.23. The first-order valence-corrected chi connectivity index (χ1v) is 8.35. The Balaban J connectivity index is 1.89. The van der Waals surface area contributed by atoms with Crippen molar-refractivity contribution in [1.29, 1.82) is 0 Å². The predicted octanol–water partition coefficient (Wildman–Crippen LogP) is 5.45. The highest BCUT2D eigenvalue weighted by atomic mass is 32.1. The molecule has 2 aromatic carbocycles. The third kappa shape index (κ3) is 3.91. The molecule has 4 heteroatoms. The van der Waals surface area contributed by atoms with Gasteiger partial charge in [-0.05, 0) is 29.8 Å². The molecule has 1 heterocycles. The van der Waals surface area contributed by atoms with Crippen molar-refractivity contribution in [2.75, 3.05) is 12.4 Å². The Kier molecular flexibility index (Phi) is 5.08. The maximum atomic E-state index is 12.0. The first-order valence-electron chi connectivity index (χ1n) is 7.53. The Morgan fingerprint density at radius 3 is 2.33 bits per heavy atom. The van der Waals surface area contributed by atoms with Crippen LogP contribution in [0.15, 0.2) is 66.7 Å². The summed E-state index contributed by atoms with van der Waals surface area (Å²) < 4.78 is 4.90. The second kappa shape index (κ2) is 7.62. The number of benzene rings is 2. The van der Waals surface area contributed by atoms with Crippen molar-refractivity contribution in [1.82, 2.24) is 0 Å². The Morgan fingerprint density at radius 2 is 1.67 bits per heavy atom. The molecule has 0 unspecified atom stereocenters. The Bertz CT molecular complexity index is 839. The van der Waals surface area contributed by atoms with E-state index < -0.39 is 0 Å². The van der Waals surface area contributed by atoms with Gasteiger partial charge in [-0.25, -0.2) is 4.79 Å². The van der Waals surface area contributed by atoms with Gasteiger partial charge in [0.2, 0.25) is 0 Å². The number of carbonyl (C=O) groups is 1. The van der Waals surface area contributed by atoms with Gasteiger partial charge in [0.25, 0.3) is 0 Å². The van der Waals surface area contributed by atoms with Crippen molar-refractivity contribution in [2.24, 2.45) is 0 Å². The summed E-state index contributed by atoms with van der Waals surface area (Å²) in [5, 5.41) is 4.22. The fourth-order valence-electron chi connectivity index (χ4n) is 2.26. The van der Waals surface area contributed by atoms with E-state index in [2.05, 4.69) is 5.32 Å². The van der Waals surface area contributed by atoms with Crippen molar-refractivity contribution < 1.29 is 9.53 Å². The van der Waals surface area contributed by atoms with E-state index in [0.717, 1.165) is 21.1 Å². The van der Waals surface area contributed by atoms with Crippen LogP contribution in [0, 0.1) is 0 Å². The number of para-hydroxylation sites is 1. The molecule has 0 amide bonds. The van der Waals surface area contributed by atoms with Crippen LogP contribution in [0.3, 0.4) is 0 Å². The lowest BCUT2D eigenvalue weighted by atomic mass is 10.2. The van der Waals surface area contributed by atoms with Gasteiger partial charge in [0.05, 0.1) is 17.7 Å². The summed E-state index contributed by atoms with van der Waals surface area (Å²) in [5.74, 6) is -0.333. The van der Waals surface area contributed by atoms with Crippen LogP contribution in [0.5, 0.6) is 0 Å². The zero-order valence-corrected chi connectivity index (χ0v) is 14.0. The molecule has 3 nitrogen and oxygen atoms in total. The molecule has 0 radical (unpaired) electrons. The molecular weight excluding hydrogens is 318 g/mol. The summed E-state index contributed by atoms with van der Waals surface area (Å²) in [5.41, 5.74) is 2.63. The molecule has 0 spiro atoms. The molecule has 0 aliphatic carbocycles. The van der Waals surface area contributed by atoms with E-state index in [9.17, 15) is 4.79 Å². The largest absolute Gasteiger partial charge is 0.465 e. The molecule has 0 atom stereocenters. The van der Waals surface area contributed by atoms with Gasteiger partial charge in [-0.1, -0.05) is 54.6 Å². The second-order valence-electron chi connectivity index (χ2n) is 5.12. The molecule has 0 bridgehead atoms. The lowest BCUT2D eigenvalue weighted by molar-refractivity contribution is 0.0601. The zero-order chi connectivity index (χ0) is 16.8. The molecule has 0 saturated carbocycles. The smallest absolute Gasteiger partial charge is 0.339 e. The van der Waals surface area contributed by atoms with Gasteiger partial charge in [-0.3, -0.25) is 0 Å². The van der Waals surface area contributed by atoms with Crippen LogP contribution in [-0.2, 0) is 4.74 Å². The molecule has 3 rings (SSSR count). The number of carbonyl (C=O) groups excluding carboxylic acids is 1. The van der Waals surface area contributed by atoms with Crippen LogP contribution in [0.4, 0.5) is 10.7 Å². The highest BCUT2D eigenvalue weighted by molar-refractivity contribution is 7.17. The average Bonchev–Trinajstić information content (AvgIpc) is 3.04. The van der Waals surface area contributed by atoms with Gasteiger partial charge < -0.3 is 10.1 Å². The van der Waals surface area contributed by atoms with Gasteiger partial charge in [0.1, 0.15) is 0 Å². The third-order valence-corrected chi connectivity index (χ3v) is 4.45. The predicted molar refractivity (Wildman–Crippen MR) is 101 cm³/mol. The van der Waals surface area contributed by atoms with Crippen LogP contribution < -0.4 is 5.32 Å². The van der Waals surface area contributed by atoms with Crippen LogP contribution in [0.2, 0.25) is 0 Å². The minimum absolute atomic E-state index is 0.333. The summed E-state index contributed by atoms with van der Waals surface area (Å²) in [6, 6.07) is 21.7. The van der Waals surface area contributed by atoms with E-state index in [-0.39, 0.29) is 5.97 Å². The maximum Gasteiger partial charge on any atom is 0.339 e. The lowest BCUT2D eigenvalue weighted by Crippen LogP contribution is -2.00. The summed E-state index contributed by atoms with van der Waals surface area (Å²) in [6.45, 7) is 0. The van der Waals surface area contributed by atoms with Gasteiger partial charge in [0, 0.05) is 10.6 Å². The quantitative estimate of drug-likeness (QED) is 0.630. The number of anilines is 2. The molecule has 24 heavy (non-hydrogen) atoms. The number of rotatable bonds is 5. The van der Waals surface area contributed by atoms with Crippen molar-refractivity contribution in [2.45, 2.75) is 0 Å². The molecule has 0 aliphatic heterocycles. The fraction of sp³-hybridized carbons (Fsp3) is 0.0500. The summed E-state index contributed by atoms with van der Waals surface area (Å²) in [6.07, 6.45) is 3.94. The number of nitrogens with one attached hydrogen (secondary N) is 1. The van der Waals surface area contributed by atoms with Crippen molar-refractivity contribution in [3.05, 3.63) is 82.7 Å². The van der Waals surface area contributed by atoms with Crippen molar-refractivity contribution in [3.63, 3.8) is 0 Å². The molecule has 1 N–H and O–H groups in total. The standard InChI is InChI=1S/C20H17NO2S/c1-23-20(22)17-14-19(21-16-10-6-3-7-11-16)24-18(17)13-12-15-8-4-2-5-9-15/h2-14,21H,1H3/b13-12+. The van der Waals surface area contributed by atoms with E-state index in [0.29, 0.717) is 5.56 Å². The first-order chi connectivity index (χ1) is 11.8. The summed E-state index contributed by atoms with van der Waals surface area (Å²) in [7, 11) is 1.40. The molecule has 1 aromatic heterocycles. The Morgan fingerprint density at radius 1 is 1.00 bits per heavy atom. The van der Waals surface area contributed by atoms with Gasteiger partial charge >= 0.3 is 5.97 Å². The Hall–Kier alpha value is -2.85. The number of esters is 1. The van der Waals surface area contributed by atoms with Crippen LogP contribution in [0.25, 0.3) is 12.2 Å². The highest BCUT2D eigenvalue weighted by Crippen LogP contribution is 2.31. The molecular formula is C20H17NO2S. The average molecular weight is 335 g/mol. The normalized spacial score (nSPS) is 10.7. The lowest BCUT2D eigenvalue weighted by Gasteiger charge is -2.01. The van der Waals surface area contributed by atoms with E-state index >= 15 is 0 Å². The molecule has 120 valence electrons. The van der Waals surface area contributed by atoms with Crippen LogP contribution in [-0.4, -0.2) is 13.1 Å². The van der Waals surface area contributed by atoms with Gasteiger partial charge in [-0.2, -0.15) is 0 Å². The SMILES string of the molecule is COC(=O)c1cc(Nc2ccccc2)sc1/C=C/c1ccccc1. The monoisotopic (exact) mass is 335 g/mol. The second-order valence-corrected chi connectivity index (χ2v) is 6.20. The van der Waals surface area contributed by atoms with Crippen LogP contribution in [0.1, 0.15) is 20.8 Å². The number of methoxy groups -OCH3 is 1. The number of thiophene rings is 1. The van der Waals surface area contributed by atoms with E-state index in [1.165, 1.54) is 18.4 Å². The number of ether oxygens (including phenoxy) is 1. The van der Waals surface area contributed by atoms with Crippen molar-refractivity contribution in [3.8, 4) is 0 Å². The topological polar surface area (TPSA) is 38.3 Å². The van der Waals surface area contributed by atoms with E-state index in [1.807, 2.05) is 78.9 Å². The minimum Gasteiger partial charge on any atom is -0.465 e. The third-order valence-electron chi connectivity index (χ3n) is 3.43. The van der Waals surface area contributed by atoms with Gasteiger partial charge in [-0.15, -0.1) is 11.3 Å². The van der Waals surface area contributed by atoms with E-state index in [1.54, 1.807) is 0 Å². The van der Waals surface area contributed by atoms with Crippen LogP contribution >= 0.6 is 11.3 Å². The van der Waals surface area contributed by atoms with Crippen molar-refractivity contribution >= 4 is 40.1 Å². The zero-order valence-electron chi connectivity index (χ0n) is 13.2. The highest BCUT2D eigenvalue weighted by Gasteiger charge is 2.15.